The number of carbonyl (C=O) groups excluding carboxylic acids is 1. The molecule has 1 aromatic carbocycles. The van der Waals surface area contributed by atoms with Crippen LogP contribution in [0, 0.1) is 5.41 Å². The molecule has 2 aromatic rings. The van der Waals surface area contributed by atoms with E-state index >= 15 is 0 Å². The number of amides is 1. The van der Waals surface area contributed by atoms with Crippen LogP contribution in [-0.4, -0.2) is 27.6 Å². The minimum atomic E-state index is -0.342. The average Bonchev–Trinajstić information content (AvgIpc) is 2.88. The molecular formula is C18H23N5O. The number of nitrogens with one attached hydrogen (secondary N) is 2. The van der Waals surface area contributed by atoms with Crippen molar-refractivity contribution in [3.8, 4) is 0 Å². The van der Waals surface area contributed by atoms with Gasteiger partial charge in [-0.1, -0.05) is 43.2 Å². The molecule has 1 aromatic heterocycles. The van der Waals surface area contributed by atoms with E-state index in [9.17, 15) is 4.79 Å². The van der Waals surface area contributed by atoms with Crippen LogP contribution in [0.5, 0.6) is 0 Å². The van der Waals surface area contributed by atoms with Gasteiger partial charge in [0.15, 0.2) is 0 Å². The minimum absolute atomic E-state index is 0.156. The highest BCUT2D eigenvalue weighted by atomic mass is 16.2. The number of H-pyrrole nitrogens is 1. The Morgan fingerprint density at radius 1 is 1.25 bits per heavy atom. The van der Waals surface area contributed by atoms with Crippen molar-refractivity contribution in [1.29, 1.82) is 0 Å². The molecule has 24 heavy (non-hydrogen) atoms. The van der Waals surface area contributed by atoms with Crippen molar-refractivity contribution in [3.63, 3.8) is 0 Å². The summed E-state index contributed by atoms with van der Waals surface area (Å²) in [6.45, 7) is 0.540. The van der Waals surface area contributed by atoms with Crippen molar-refractivity contribution < 1.29 is 4.79 Å². The Morgan fingerprint density at radius 2 is 2.00 bits per heavy atom. The SMILES string of the molecule is Nc1n[nH]c(CCNC(=O)[C@]2(c3ccccc3)CC23CCCC3)n1. The standard InChI is InChI=1S/C18H23N5O/c19-16-21-14(22-23-16)8-11-20-15(24)18(13-6-2-1-3-7-13)12-17(18)9-4-5-10-17/h1-3,6-7H,4-5,8-12H2,(H,20,24)(H3,19,21,22,23)/t18-/m1/s1. The summed E-state index contributed by atoms with van der Waals surface area (Å²) in [6, 6.07) is 10.3. The number of nitrogen functional groups attached to an aromatic ring is 1. The molecular weight excluding hydrogens is 302 g/mol. The number of aromatic amines is 1. The molecule has 4 rings (SSSR count). The number of nitrogens with two attached hydrogens (primary N) is 1. The quantitative estimate of drug-likeness (QED) is 0.783. The predicted molar refractivity (Wildman–Crippen MR) is 91.1 cm³/mol. The fraction of sp³-hybridized carbons (Fsp3) is 0.500. The van der Waals surface area contributed by atoms with Crippen LogP contribution in [0.25, 0.3) is 0 Å². The zero-order valence-electron chi connectivity index (χ0n) is 13.7. The van der Waals surface area contributed by atoms with Gasteiger partial charge >= 0.3 is 0 Å². The molecule has 0 saturated heterocycles. The molecule has 0 bridgehead atoms. The first-order chi connectivity index (χ1) is 11.7. The van der Waals surface area contributed by atoms with Crippen molar-refractivity contribution >= 4 is 11.9 Å². The second-order valence-electron chi connectivity index (χ2n) is 7.08. The third-order valence-electron chi connectivity index (χ3n) is 5.80. The maximum absolute atomic E-state index is 13.1. The molecule has 6 heteroatoms. The Morgan fingerprint density at radius 3 is 2.67 bits per heavy atom. The zero-order chi connectivity index (χ0) is 16.6. The van der Waals surface area contributed by atoms with Crippen LogP contribution in [-0.2, 0) is 16.6 Å². The highest BCUT2D eigenvalue weighted by Gasteiger charge is 2.72. The van der Waals surface area contributed by atoms with Crippen LogP contribution in [0.15, 0.2) is 30.3 Å². The molecule has 1 heterocycles. The molecule has 1 atom stereocenters. The number of carbonyl (C=O) groups is 1. The Labute approximate surface area is 141 Å². The van der Waals surface area contributed by atoms with Crippen LogP contribution in [0.3, 0.4) is 0 Å². The molecule has 0 radical (unpaired) electrons. The molecule has 1 spiro atoms. The summed E-state index contributed by atoms with van der Waals surface area (Å²) in [7, 11) is 0. The van der Waals surface area contributed by atoms with Gasteiger partial charge in [0, 0.05) is 13.0 Å². The fourth-order valence-corrected chi connectivity index (χ4v) is 4.57. The van der Waals surface area contributed by atoms with Crippen molar-refractivity contribution in [2.24, 2.45) is 5.41 Å². The number of hydrogen-bond acceptors (Lipinski definition) is 4. The monoisotopic (exact) mass is 325 g/mol. The van der Waals surface area contributed by atoms with Gasteiger partial charge in [0.25, 0.3) is 0 Å². The highest BCUT2D eigenvalue weighted by molar-refractivity contribution is 5.93. The van der Waals surface area contributed by atoms with E-state index in [2.05, 4.69) is 32.6 Å². The van der Waals surface area contributed by atoms with Crippen LogP contribution in [0.2, 0.25) is 0 Å². The summed E-state index contributed by atoms with van der Waals surface area (Å²) in [5, 5.41) is 9.71. The lowest BCUT2D eigenvalue weighted by molar-refractivity contribution is -0.124. The molecule has 6 nitrogen and oxygen atoms in total. The van der Waals surface area contributed by atoms with Gasteiger partial charge in [-0.05, 0) is 30.2 Å². The smallest absolute Gasteiger partial charge is 0.239 e. The van der Waals surface area contributed by atoms with E-state index in [0.717, 1.165) is 24.8 Å². The molecule has 0 aliphatic heterocycles. The highest BCUT2D eigenvalue weighted by Crippen LogP contribution is 2.72. The third-order valence-corrected chi connectivity index (χ3v) is 5.80. The summed E-state index contributed by atoms with van der Waals surface area (Å²) in [6.07, 6.45) is 6.37. The van der Waals surface area contributed by atoms with Crippen LogP contribution in [0.1, 0.15) is 43.5 Å². The molecule has 2 aliphatic rings. The van der Waals surface area contributed by atoms with E-state index < -0.39 is 0 Å². The molecule has 2 saturated carbocycles. The van der Waals surface area contributed by atoms with E-state index in [1.54, 1.807) is 0 Å². The van der Waals surface area contributed by atoms with Gasteiger partial charge in [-0.3, -0.25) is 9.89 Å². The second-order valence-corrected chi connectivity index (χ2v) is 7.08. The largest absolute Gasteiger partial charge is 0.367 e. The van der Waals surface area contributed by atoms with Crippen LogP contribution < -0.4 is 11.1 Å². The first-order valence-electron chi connectivity index (χ1n) is 8.67. The summed E-state index contributed by atoms with van der Waals surface area (Å²) in [5.74, 6) is 1.10. The minimum Gasteiger partial charge on any atom is -0.367 e. The third kappa shape index (κ3) is 2.28. The van der Waals surface area contributed by atoms with Gasteiger partial charge in [-0.15, -0.1) is 5.10 Å². The van der Waals surface area contributed by atoms with Crippen molar-refractivity contribution in [3.05, 3.63) is 41.7 Å². The molecule has 1 amide bonds. The molecule has 4 N–H and O–H groups in total. The van der Waals surface area contributed by atoms with Gasteiger partial charge in [0.1, 0.15) is 5.82 Å². The second kappa shape index (κ2) is 5.61. The van der Waals surface area contributed by atoms with E-state index in [1.807, 2.05) is 18.2 Å². The summed E-state index contributed by atoms with van der Waals surface area (Å²) >= 11 is 0. The van der Waals surface area contributed by atoms with Gasteiger partial charge in [-0.25, -0.2) is 0 Å². The normalized spacial score (nSPS) is 24.2. The molecule has 2 fully saturated rings. The lowest BCUT2D eigenvalue weighted by Crippen LogP contribution is -2.39. The van der Waals surface area contributed by atoms with Crippen molar-refractivity contribution in [1.82, 2.24) is 20.5 Å². The lowest BCUT2D eigenvalue weighted by atomic mass is 9.84. The molecule has 126 valence electrons. The van der Waals surface area contributed by atoms with Crippen molar-refractivity contribution in [2.45, 2.75) is 43.9 Å². The number of nitrogens with zero attached hydrogens (tertiary/aromatic N) is 2. The number of benzene rings is 1. The number of aromatic nitrogens is 3. The maximum Gasteiger partial charge on any atom is 0.239 e. The number of hydrogen-bond donors (Lipinski definition) is 3. The lowest BCUT2D eigenvalue weighted by Gasteiger charge is -2.22. The van der Waals surface area contributed by atoms with E-state index in [-0.39, 0.29) is 22.7 Å². The number of rotatable bonds is 5. The Balaban J connectivity index is 1.49. The van der Waals surface area contributed by atoms with Crippen LogP contribution in [0.4, 0.5) is 5.95 Å². The Hall–Kier alpha value is -2.37. The number of anilines is 1. The van der Waals surface area contributed by atoms with Crippen molar-refractivity contribution in [2.75, 3.05) is 12.3 Å². The fourth-order valence-electron chi connectivity index (χ4n) is 4.57. The maximum atomic E-state index is 13.1. The first kappa shape index (κ1) is 15.2. The summed E-state index contributed by atoms with van der Waals surface area (Å²) in [5.41, 5.74) is 6.50. The Kier molecular flexibility index (Phi) is 3.55. The summed E-state index contributed by atoms with van der Waals surface area (Å²) < 4.78 is 0. The van der Waals surface area contributed by atoms with E-state index in [4.69, 9.17) is 5.73 Å². The van der Waals surface area contributed by atoms with Crippen LogP contribution >= 0.6 is 0 Å². The van der Waals surface area contributed by atoms with E-state index in [1.165, 1.54) is 12.8 Å². The van der Waals surface area contributed by atoms with Gasteiger partial charge in [0.05, 0.1) is 5.41 Å². The average molecular weight is 325 g/mol. The summed E-state index contributed by atoms with van der Waals surface area (Å²) in [4.78, 5) is 17.2. The molecule has 2 aliphatic carbocycles. The Bertz CT molecular complexity index is 735. The topological polar surface area (TPSA) is 96.7 Å². The van der Waals surface area contributed by atoms with Gasteiger partial charge < -0.3 is 11.1 Å². The predicted octanol–water partition coefficient (Wildman–Crippen LogP) is 1.95. The molecule has 0 unspecified atom stereocenters. The first-order valence-corrected chi connectivity index (χ1v) is 8.67. The van der Waals surface area contributed by atoms with Gasteiger partial charge in [0.2, 0.25) is 11.9 Å². The zero-order valence-corrected chi connectivity index (χ0v) is 13.7. The van der Waals surface area contributed by atoms with E-state index in [0.29, 0.717) is 18.8 Å². The van der Waals surface area contributed by atoms with Gasteiger partial charge in [-0.2, -0.15) is 4.98 Å².